The van der Waals surface area contributed by atoms with Crippen LogP contribution in [0.2, 0.25) is 0 Å². The second-order valence-electron chi connectivity index (χ2n) is 12.7. The van der Waals surface area contributed by atoms with E-state index >= 15 is 4.39 Å². The van der Waals surface area contributed by atoms with Gasteiger partial charge in [0.05, 0.1) is 23.8 Å². The molecule has 11 heteroatoms. The first kappa shape index (κ1) is 28.1. The molecule has 6 rings (SSSR count). The van der Waals surface area contributed by atoms with Gasteiger partial charge in [0.1, 0.15) is 34.4 Å². The summed E-state index contributed by atoms with van der Waals surface area (Å²) >= 11 is 0. The highest BCUT2D eigenvalue weighted by atomic mass is 19.1. The second kappa shape index (κ2) is 10.4. The van der Waals surface area contributed by atoms with E-state index in [-0.39, 0.29) is 30.6 Å². The summed E-state index contributed by atoms with van der Waals surface area (Å²) in [4.78, 5) is 31.8. The van der Waals surface area contributed by atoms with E-state index in [1.807, 2.05) is 32.0 Å². The van der Waals surface area contributed by atoms with Crippen LogP contribution in [0, 0.1) is 25.6 Å². The highest BCUT2D eigenvalue weighted by Crippen LogP contribution is 2.37. The predicted octanol–water partition coefficient (Wildman–Crippen LogP) is 5.59. The smallest absolute Gasteiger partial charge is 0.407 e. The number of amides is 2. The zero-order valence-electron chi connectivity index (χ0n) is 24.6. The Bertz CT molecular complexity index is 1700. The molecule has 42 heavy (non-hydrogen) atoms. The second-order valence-corrected chi connectivity index (χ2v) is 12.7. The number of piperidine rings is 1. The maximum atomic E-state index is 15.6. The number of rotatable bonds is 5. The molecule has 1 N–H and O–H groups in total. The highest BCUT2D eigenvalue weighted by molar-refractivity contribution is 5.95. The molecule has 2 fully saturated rings. The first-order valence-corrected chi connectivity index (χ1v) is 14.4. The van der Waals surface area contributed by atoms with Crippen molar-refractivity contribution in [2.24, 2.45) is 5.92 Å². The summed E-state index contributed by atoms with van der Waals surface area (Å²) in [6.07, 6.45) is 1.86. The van der Waals surface area contributed by atoms with Crippen LogP contribution in [0.1, 0.15) is 61.6 Å². The van der Waals surface area contributed by atoms with Gasteiger partial charge in [-0.3, -0.25) is 4.79 Å². The van der Waals surface area contributed by atoms with E-state index in [2.05, 4.69) is 9.88 Å². The molecule has 0 bridgehead atoms. The Kier molecular flexibility index (Phi) is 6.93. The number of likely N-dealkylation sites (tertiary alicyclic amines) is 1. The number of alkyl halides is 1. The summed E-state index contributed by atoms with van der Waals surface area (Å²) in [6, 6.07) is 6.59. The number of ether oxygens (including phenoxy) is 1. The average molecular weight is 579 g/mol. The Morgan fingerprint density at radius 2 is 1.90 bits per heavy atom. The number of halogens is 2. The quantitative estimate of drug-likeness (QED) is 0.333. The van der Waals surface area contributed by atoms with Crippen molar-refractivity contribution in [2.45, 2.75) is 78.2 Å². The van der Waals surface area contributed by atoms with Crippen molar-refractivity contribution in [2.75, 3.05) is 13.1 Å². The Morgan fingerprint density at radius 3 is 2.62 bits per heavy atom. The van der Waals surface area contributed by atoms with Gasteiger partial charge in [-0.25, -0.2) is 23.1 Å². The molecule has 1 saturated heterocycles. The van der Waals surface area contributed by atoms with Crippen LogP contribution in [-0.4, -0.2) is 67.0 Å². The largest absolute Gasteiger partial charge is 0.444 e. The molecule has 2 aliphatic rings. The van der Waals surface area contributed by atoms with Crippen LogP contribution in [0.25, 0.3) is 27.9 Å². The van der Waals surface area contributed by atoms with Crippen LogP contribution < -0.4 is 5.32 Å². The van der Waals surface area contributed by atoms with E-state index < -0.39 is 35.6 Å². The molecule has 0 spiro atoms. The molecule has 1 aliphatic heterocycles. The Balaban J connectivity index is 1.31. The van der Waals surface area contributed by atoms with Gasteiger partial charge in [0, 0.05) is 42.4 Å². The molecule has 1 saturated carbocycles. The van der Waals surface area contributed by atoms with Crippen molar-refractivity contribution in [3.05, 3.63) is 53.1 Å². The van der Waals surface area contributed by atoms with Crippen molar-refractivity contribution in [3.63, 3.8) is 0 Å². The molecule has 4 aromatic rings. The first-order chi connectivity index (χ1) is 19.9. The third-order valence-corrected chi connectivity index (χ3v) is 7.84. The van der Waals surface area contributed by atoms with Crippen LogP contribution in [-0.2, 0) is 11.3 Å². The fourth-order valence-corrected chi connectivity index (χ4v) is 5.76. The lowest BCUT2D eigenvalue weighted by Crippen LogP contribution is -2.54. The molecule has 222 valence electrons. The van der Waals surface area contributed by atoms with Gasteiger partial charge in [0.25, 0.3) is 5.91 Å². The lowest BCUT2D eigenvalue weighted by atomic mass is 10.0. The molecule has 4 aromatic heterocycles. The zero-order valence-corrected chi connectivity index (χ0v) is 24.6. The molecule has 0 aromatic carbocycles. The number of aromatic nitrogens is 4. The number of hydrogen-bond acceptors (Lipinski definition) is 5. The fourth-order valence-electron chi connectivity index (χ4n) is 5.76. The van der Waals surface area contributed by atoms with Crippen molar-refractivity contribution in [3.8, 4) is 11.4 Å². The molecule has 9 nitrogen and oxygen atoms in total. The average Bonchev–Trinajstić information content (AvgIpc) is 3.56. The number of fused-ring (bicyclic) bond motifs is 2. The molecular weight excluding hydrogens is 542 g/mol. The van der Waals surface area contributed by atoms with Gasteiger partial charge in [-0.05, 0) is 77.6 Å². The van der Waals surface area contributed by atoms with E-state index in [1.165, 1.54) is 34.5 Å². The topological polar surface area (TPSA) is 93.8 Å². The van der Waals surface area contributed by atoms with Gasteiger partial charge < -0.3 is 19.5 Å². The summed E-state index contributed by atoms with van der Waals surface area (Å²) in [6.45, 7) is 9.73. The molecule has 5 heterocycles. The standard InChI is InChI=1S/C31H36F2N6O3/c1-17-6-9-20-11-25(38(28(20)34-17)13-19-7-8-19)26-18(2)27-24(33)10-21(14-39(27)36-26)29(40)37-15-22(32)12-23(16-37)35-30(41)42-31(3,4)5/h6,9-11,14,19,22-23H,7-8,12-13,15-16H2,1-5H3,(H,35,41)/t22-,23-/m1/s1. The Morgan fingerprint density at radius 1 is 1.14 bits per heavy atom. The van der Waals surface area contributed by atoms with Crippen LogP contribution >= 0.6 is 0 Å². The van der Waals surface area contributed by atoms with E-state index in [1.54, 1.807) is 20.8 Å². The maximum Gasteiger partial charge on any atom is 0.407 e. The van der Waals surface area contributed by atoms with Gasteiger partial charge in [0.2, 0.25) is 0 Å². The Hall–Kier alpha value is -4.02. The molecule has 2 amide bonds. The lowest BCUT2D eigenvalue weighted by Gasteiger charge is -2.35. The number of carbonyl (C=O) groups excluding carboxylic acids is 2. The number of alkyl carbamates (subject to hydrolysis) is 1. The van der Waals surface area contributed by atoms with E-state index in [4.69, 9.17) is 14.8 Å². The van der Waals surface area contributed by atoms with E-state index in [0.717, 1.165) is 29.0 Å². The van der Waals surface area contributed by atoms with Gasteiger partial charge in [-0.1, -0.05) is 0 Å². The maximum absolute atomic E-state index is 15.6. The number of carbonyl (C=O) groups is 2. The summed E-state index contributed by atoms with van der Waals surface area (Å²) in [7, 11) is 0. The van der Waals surface area contributed by atoms with E-state index in [0.29, 0.717) is 17.2 Å². The lowest BCUT2D eigenvalue weighted by molar-refractivity contribution is 0.0394. The summed E-state index contributed by atoms with van der Waals surface area (Å²) in [5, 5.41) is 8.40. The van der Waals surface area contributed by atoms with Gasteiger partial charge >= 0.3 is 6.09 Å². The van der Waals surface area contributed by atoms with Crippen molar-refractivity contribution >= 4 is 28.6 Å². The third-order valence-electron chi connectivity index (χ3n) is 7.84. The SMILES string of the molecule is Cc1ccc2cc(-c3nn4cc(C(=O)N5C[C@H](F)C[C@@H](NC(=O)OC(C)(C)C)C5)cc(F)c4c3C)n(CC3CC3)c2n1. The molecular formula is C31H36F2N6O3. The van der Waals surface area contributed by atoms with Crippen molar-refractivity contribution in [1.82, 2.24) is 29.4 Å². The van der Waals surface area contributed by atoms with Crippen molar-refractivity contribution in [1.29, 1.82) is 0 Å². The third kappa shape index (κ3) is 5.56. The van der Waals surface area contributed by atoms with Gasteiger partial charge in [-0.15, -0.1) is 0 Å². The monoisotopic (exact) mass is 578 g/mol. The number of pyridine rings is 2. The van der Waals surface area contributed by atoms with Crippen LogP contribution in [0.15, 0.2) is 30.5 Å². The first-order valence-electron chi connectivity index (χ1n) is 14.4. The van der Waals surface area contributed by atoms with Crippen molar-refractivity contribution < 1.29 is 23.1 Å². The van der Waals surface area contributed by atoms with Gasteiger partial charge in [0.15, 0.2) is 0 Å². The predicted molar refractivity (Wildman–Crippen MR) is 155 cm³/mol. The van der Waals surface area contributed by atoms with Crippen LogP contribution in [0.5, 0.6) is 0 Å². The number of aryl methyl sites for hydroxylation is 2. The highest BCUT2D eigenvalue weighted by Gasteiger charge is 2.33. The summed E-state index contributed by atoms with van der Waals surface area (Å²) < 4.78 is 39.2. The fraction of sp³-hybridized carbons (Fsp3) is 0.484. The molecule has 2 atom stereocenters. The van der Waals surface area contributed by atoms with Crippen LogP contribution in [0.4, 0.5) is 13.6 Å². The minimum absolute atomic E-state index is 0.0509. The molecule has 0 unspecified atom stereocenters. The van der Waals surface area contributed by atoms with E-state index in [9.17, 15) is 14.0 Å². The summed E-state index contributed by atoms with van der Waals surface area (Å²) in [5.41, 5.74) is 3.56. The minimum Gasteiger partial charge on any atom is -0.444 e. The van der Waals surface area contributed by atoms with Gasteiger partial charge in [-0.2, -0.15) is 5.10 Å². The Labute approximate surface area is 242 Å². The number of nitrogens with zero attached hydrogens (tertiary/aromatic N) is 5. The summed E-state index contributed by atoms with van der Waals surface area (Å²) in [5.74, 6) is -0.544. The number of nitrogens with one attached hydrogen (secondary N) is 1. The minimum atomic E-state index is -1.35. The molecule has 0 radical (unpaired) electrons. The zero-order chi connectivity index (χ0) is 29.9. The number of hydrogen-bond donors (Lipinski definition) is 1. The normalized spacial score (nSPS) is 19.5. The molecule has 1 aliphatic carbocycles. The van der Waals surface area contributed by atoms with Crippen LogP contribution in [0.3, 0.4) is 0 Å².